The zero-order valence-corrected chi connectivity index (χ0v) is 10.9. The van der Waals surface area contributed by atoms with E-state index in [1.165, 1.54) is 0 Å². The molecule has 0 bridgehead atoms. The summed E-state index contributed by atoms with van der Waals surface area (Å²) < 4.78 is 3.11. The predicted molar refractivity (Wildman–Crippen MR) is 69.3 cm³/mol. The number of hydrogen-bond acceptors (Lipinski definition) is 3. The number of halogens is 1. The molecule has 0 radical (unpaired) electrons. The Labute approximate surface area is 106 Å². The summed E-state index contributed by atoms with van der Waals surface area (Å²) in [4.78, 5) is 0. The smallest absolute Gasteiger partial charge is 0.216 e. The number of aromatic amines is 1. The molecule has 0 amide bonds. The molecule has 1 N–H and O–H groups in total. The SMILES string of the molecule is Cc1n[nH]c(=S)n1/N=C\c1ccc(Br)cc1. The maximum atomic E-state index is 5.03. The van der Waals surface area contributed by atoms with Crippen molar-refractivity contribution >= 4 is 34.4 Å². The second kappa shape index (κ2) is 4.71. The molecular weight excluding hydrogens is 288 g/mol. The van der Waals surface area contributed by atoms with Gasteiger partial charge in [0.1, 0.15) is 5.82 Å². The van der Waals surface area contributed by atoms with E-state index < -0.39 is 0 Å². The van der Waals surface area contributed by atoms with Crippen molar-refractivity contribution in [1.29, 1.82) is 0 Å². The molecule has 0 aliphatic rings. The molecule has 0 atom stereocenters. The maximum Gasteiger partial charge on any atom is 0.216 e. The lowest BCUT2D eigenvalue weighted by Gasteiger charge is -1.95. The molecular formula is C10H9BrN4S. The van der Waals surface area contributed by atoms with E-state index in [9.17, 15) is 0 Å². The highest BCUT2D eigenvalue weighted by Crippen LogP contribution is 2.09. The van der Waals surface area contributed by atoms with Gasteiger partial charge >= 0.3 is 0 Å². The second-order valence-corrected chi connectivity index (χ2v) is 4.49. The highest BCUT2D eigenvalue weighted by Gasteiger charge is 1.96. The standard InChI is InChI=1S/C10H9BrN4S/c1-7-13-14-10(16)15(7)12-6-8-2-4-9(11)5-3-8/h2-6H,1H3,(H,14,16)/b12-6-. The van der Waals surface area contributed by atoms with Gasteiger partial charge in [-0.1, -0.05) is 28.1 Å². The molecule has 4 nitrogen and oxygen atoms in total. The molecule has 2 rings (SSSR count). The minimum Gasteiger partial charge on any atom is -0.250 e. The van der Waals surface area contributed by atoms with Crippen LogP contribution in [0.1, 0.15) is 11.4 Å². The molecule has 82 valence electrons. The number of hydrogen-bond donors (Lipinski definition) is 1. The Kier molecular flexibility index (Phi) is 3.31. The summed E-state index contributed by atoms with van der Waals surface area (Å²) in [5, 5.41) is 10.9. The van der Waals surface area contributed by atoms with Crippen LogP contribution in [0.4, 0.5) is 0 Å². The monoisotopic (exact) mass is 296 g/mol. The summed E-state index contributed by atoms with van der Waals surface area (Å²) in [7, 11) is 0. The number of benzene rings is 1. The van der Waals surface area contributed by atoms with Crippen molar-refractivity contribution < 1.29 is 0 Å². The van der Waals surface area contributed by atoms with Gasteiger partial charge in [0.25, 0.3) is 0 Å². The Bertz CT molecular complexity index is 567. The van der Waals surface area contributed by atoms with Crippen molar-refractivity contribution in [2.45, 2.75) is 6.92 Å². The Morgan fingerprint density at radius 3 is 2.69 bits per heavy atom. The van der Waals surface area contributed by atoms with Crippen LogP contribution in [0, 0.1) is 11.7 Å². The van der Waals surface area contributed by atoms with Gasteiger partial charge in [-0.2, -0.15) is 14.9 Å². The van der Waals surface area contributed by atoms with Crippen LogP contribution in [0.25, 0.3) is 0 Å². The van der Waals surface area contributed by atoms with Gasteiger partial charge in [-0.15, -0.1) is 0 Å². The van der Waals surface area contributed by atoms with Gasteiger partial charge in [-0.25, -0.2) is 0 Å². The summed E-state index contributed by atoms with van der Waals surface area (Å²) in [6.45, 7) is 1.84. The summed E-state index contributed by atoms with van der Waals surface area (Å²) in [5.41, 5.74) is 1.01. The maximum absolute atomic E-state index is 5.03. The Morgan fingerprint density at radius 1 is 1.44 bits per heavy atom. The Morgan fingerprint density at radius 2 is 2.12 bits per heavy atom. The van der Waals surface area contributed by atoms with Crippen LogP contribution in [0.5, 0.6) is 0 Å². The van der Waals surface area contributed by atoms with E-state index in [0.717, 1.165) is 15.9 Å². The molecule has 0 unspecified atom stereocenters. The van der Waals surface area contributed by atoms with Gasteiger partial charge in [-0.3, -0.25) is 5.10 Å². The van der Waals surface area contributed by atoms with Gasteiger partial charge in [0.2, 0.25) is 4.77 Å². The van der Waals surface area contributed by atoms with Crippen LogP contribution in [0.15, 0.2) is 33.8 Å². The Balaban J connectivity index is 2.28. The zero-order valence-electron chi connectivity index (χ0n) is 8.51. The largest absolute Gasteiger partial charge is 0.250 e. The number of rotatable bonds is 2. The zero-order chi connectivity index (χ0) is 11.5. The van der Waals surface area contributed by atoms with E-state index in [-0.39, 0.29) is 0 Å². The first-order valence-electron chi connectivity index (χ1n) is 4.61. The highest BCUT2D eigenvalue weighted by molar-refractivity contribution is 9.10. The summed E-state index contributed by atoms with van der Waals surface area (Å²) in [5.74, 6) is 0.735. The van der Waals surface area contributed by atoms with Gasteiger partial charge in [0.05, 0.1) is 6.21 Å². The van der Waals surface area contributed by atoms with Crippen LogP contribution in [0.3, 0.4) is 0 Å². The van der Waals surface area contributed by atoms with Crippen molar-refractivity contribution in [1.82, 2.24) is 14.9 Å². The minimum absolute atomic E-state index is 0.492. The molecule has 0 saturated carbocycles. The fourth-order valence-electron chi connectivity index (χ4n) is 1.18. The first-order valence-corrected chi connectivity index (χ1v) is 5.81. The van der Waals surface area contributed by atoms with E-state index in [4.69, 9.17) is 12.2 Å². The molecule has 1 aromatic carbocycles. The van der Waals surface area contributed by atoms with Crippen LogP contribution in [-0.4, -0.2) is 21.1 Å². The van der Waals surface area contributed by atoms with E-state index in [0.29, 0.717) is 4.77 Å². The van der Waals surface area contributed by atoms with Crippen LogP contribution >= 0.6 is 28.1 Å². The molecule has 0 aliphatic heterocycles. The highest BCUT2D eigenvalue weighted by atomic mass is 79.9. The summed E-state index contributed by atoms with van der Waals surface area (Å²) >= 11 is 8.41. The summed E-state index contributed by atoms with van der Waals surface area (Å²) in [6.07, 6.45) is 1.74. The fraction of sp³-hybridized carbons (Fsp3) is 0.100. The lowest BCUT2D eigenvalue weighted by molar-refractivity contribution is 0.821. The predicted octanol–water partition coefficient (Wildman–Crippen LogP) is 2.89. The lowest BCUT2D eigenvalue weighted by atomic mass is 10.2. The van der Waals surface area contributed by atoms with E-state index in [2.05, 4.69) is 31.2 Å². The molecule has 1 aromatic heterocycles. The number of nitrogens with zero attached hydrogens (tertiary/aromatic N) is 3. The second-order valence-electron chi connectivity index (χ2n) is 3.18. The average molecular weight is 297 g/mol. The third-order valence-electron chi connectivity index (χ3n) is 2.00. The molecule has 0 spiro atoms. The molecule has 6 heteroatoms. The van der Waals surface area contributed by atoms with Crippen molar-refractivity contribution in [3.8, 4) is 0 Å². The van der Waals surface area contributed by atoms with E-state index in [1.54, 1.807) is 10.9 Å². The van der Waals surface area contributed by atoms with E-state index in [1.807, 2.05) is 31.2 Å². The lowest BCUT2D eigenvalue weighted by Crippen LogP contribution is -1.93. The molecule has 16 heavy (non-hydrogen) atoms. The van der Waals surface area contributed by atoms with Gasteiger partial charge in [-0.05, 0) is 36.8 Å². The first kappa shape index (κ1) is 11.2. The van der Waals surface area contributed by atoms with Gasteiger partial charge in [0.15, 0.2) is 0 Å². The Hall–Kier alpha value is -1.27. The van der Waals surface area contributed by atoms with Gasteiger partial charge < -0.3 is 0 Å². The molecule has 0 fully saturated rings. The number of aryl methyl sites for hydroxylation is 1. The first-order chi connectivity index (χ1) is 7.66. The molecule has 2 aromatic rings. The van der Waals surface area contributed by atoms with Crippen molar-refractivity contribution in [2.75, 3.05) is 0 Å². The number of H-pyrrole nitrogens is 1. The third-order valence-corrected chi connectivity index (χ3v) is 2.80. The van der Waals surface area contributed by atoms with Crippen molar-refractivity contribution in [3.05, 3.63) is 44.9 Å². The molecule has 0 saturated heterocycles. The van der Waals surface area contributed by atoms with E-state index >= 15 is 0 Å². The van der Waals surface area contributed by atoms with Crippen molar-refractivity contribution in [2.24, 2.45) is 5.10 Å². The van der Waals surface area contributed by atoms with Gasteiger partial charge in [0, 0.05) is 4.47 Å². The van der Waals surface area contributed by atoms with Crippen LogP contribution in [-0.2, 0) is 0 Å². The third kappa shape index (κ3) is 2.45. The molecule has 1 heterocycles. The quantitative estimate of drug-likeness (QED) is 0.684. The van der Waals surface area contributed by atoms with Crippen molar-refractivity contribution in [3.63, 3.8) is 0 Å². The normalized spacial score (nSPS) is 11.1. The average Bonchev–Trinajstić information content (AvgIpc) is 2.59. The number of nitrogens with one attached hydrogen (secondary N) is 1. The molecule has 0 aliphatic carbocycles. The van der Waals surface area contributed by atoms with Crippen LogP contribution in [0.2, 0.25) is 0 Å². The summed E-state index contributed by atoms with van der Waals surface area (Å²) in [6, 6.07) is 7.85. The number of aromatic nitrogens is 3. The minimum atomic E-state index is 0.492. The fourth-order valence-corrected chi connectivity index (χ4v) is 1.67. The topological polar surface area (TPSA) is 46.0 Å². The van der Waals surface area contributed by atoms with Crippen LogP contribution < -0.4 is 0 Å².